The van der Waals surface area contributed by atoms with E-state index in [1.807, 2.05) is 6.07 Å². The van der Waals surface area contributed by atoms with Crippen LogP contribution in [0.15, 0.2) is 12.1 Å². The van der Waals surface area contributed by atoms with E-state index in [1.165, 1.54) is 88.3 Å². The van der Waals surface area contributed by atoms with Crippen LogP contribution in [0.2, 0.25) is 0 Å². The molecule has 0 radical (unpaired) electrons. The van der Waals surface area contributed by atoms with E-state index in [0.717, 1.165) is 49.6 Å². The number of anilines is 1. The quantitative estimate of drug-likeness (QED) is 0.317. The number of hydrogen-bond acceptors (Lipinski definition) is 4. The zero-order chi connectivity index (χ0) is 22.8. The SMILES string of the molecule is COc1cc(N2CCC(C3CCC(CC4CCCCC4)CC3)CC2)c(C2CC2)cc1[N+](=O)[O-]. The van der Waals surface area contributed by atoms with Gasteiger partial charge in [0.05, 0.1) is 12.0 Å². The van der Waals surface area contributed by atoms with Gasteiger partial charge in [0, 0.05) is 30.9 Å². The fourth-order valence-corrected chi connectivity index (χ4v) is 7.28. The second-order valence-corrected chi connectivity index (χ2v) is 11.5. The topological polar surface area (TPSA) is 55.6 Å². The average Bonchev–Trinajstić information content (AvgIpc) is 3.70. The summed E-state index contributed by atoms with van der Waals surface area (Å²) in [6.07, 6.45) is 19.6. The third-order valence-corrected chi connectivity index (χ3v) is 9.37. The summed E-state index contributed by atoms with van der Waals surface area (Å²) in [7, 11) is 1.54. The first-order chi connectivity index (χ1) is 16.1. The zero-order valence-electron chi connectivity index (χ0n) is 20.5. The van der Waals surface area contributed by atoms with Crippen molar-refractivity contribution < 1.29 is 9.66 Å². The lowest BCUT2D eigenvalue weighted by Crippen LogP contribution is -2.37. The number of ether oxygens (including phenoxy) is 1. The largest absolute Gasteiger partial charge is 0.490 e. The Labute approximate surface area is 199 Å². The van der Waals surface area contributed by atoms with E-state index in [4.69, 9.17) is 4.74 Å². The van der Waals surface area contributed by atoms with Crippen molar-refractivity contribution in [2.45, 2.75) is 95.8 Å². The fraction of sp³-hybridized carbons (Fsp3) is 0.786. The molecule has 0 aromatic heterocycles. The molecule has 33 heavy (non-hydrogen) atoms. The lowest BCUT2D eigenvalue weighted by Gasteiger charge is -2.41. The third kappa shape index (κ3) is 5.33. The molecule has 5 rings (SSSR count). The smallest absolute Gasteiger partial charge is 0.311 e. The van der Waals surface area contributed by atoms with Crippen LogP contribution in [0, 0.1) is 33.8 Å². The molecule has 4 aliphatic rings. The van der Waals surface area contributed by atoms with Crippen molar-refractivity contribution >= 4 is 11.4 Å². The number of nitro groups is 1. The predicted molar refractivity (Wildman–Crippen MR) is 133 cm³/mol. The van der Waals surface area contributed by atoms with Gasteiger partial charge in [-0.1, -0.05) is 44.9 Å². The molecule has 0 bridgehead atoms. The molecule has 4 fully saturated rings. The molecule has 1 aromatic carbocycles. The van der Waals surface area contributed by atoms with Crippen molar-refractivity contribution in [2.75, 3.05) is 25.1 Å². The molecule has 1 saturated heterocycles. The molecular formula is C28H42N2O3. The normalized spacial score (nSPS) is 27.5. The summed E-state index contributed by atoms with van der Waals surface area (Å²) in [6, 6.07) is 3.74. The number of piperidine rings is 1. The maximum absolute atomic E-state index is 11.5. The average molecular weight is 455 g/mol. The molecule has 5 heteroatoms. The molecule has 0 unspecified atom stereocenters. The summed E-state index contributed by atoms with van der Waals surface area (Å²) in [4.78, 5) is 13.7. The molecule has 5 nitrogen and oxygen atoms in total. The van der Waals surface area contributed by atoms with E-state index in [0.29, 0.717) is 11.7 Å². The summed E-state index contributed by atoms with van der Waals surface area (Å²) >= 11 is 0. The number of nitrogens with zero attached hydrogens (tertiary/aromatic N) is 2. The molecule has 3 saturated carbocycles. The molecule has 0 spiro atoms. The summed E-state index contributed by atoms with van der Waals surface area (Å²) in [5, 5.41) is 11.5. The Bertz CT molecular complexity index is 815. The zero-order valence-corrected chi connectivity index (χ0v) is 20.5. The van der Waals surface area contributed by atoms with Crippen LogP contribution in [0.1, 0.15) is 101 Å². The van der Waals surface area contributed by atoms with Crippen LogP contribution in [0.25, 0.3) is 0 Å². The lowest BCUT2D eigenvalue weighted by molar-refractivity contribution is -0.385. The van der Waals surface area contributed by atoms with Crippen LogP contribution >= 0.6 is 0 Å². The van der Waals surface area contributed by atoms with Gasteiger partial charge in [-0.2, -0.15) is 0 Å². The van der Waals surface area contributed by atoms with E-state index in [9.17, 15) is 10.1 Å². The van der Waals surface area contributed by atoms with Gasteiger partial charge >= 0.3 is 5.69 Å². The molecule has 3 aliphatic carbocycles. The second kappa shape index (κ2) is 10.2. The number of methoxy groups -OCH3 is 1. The minimum Gasteiger partial charge on any atom is -0.490 e. The monoisotopic (exact) mass is 454 g/mol. The molecule has 1 aromatic rings. The Morgan fingerprint density at radius 2 is 1.52 bits per heavy atom. The molecule has 182 valence electrons. The second-order valence-electron chi connectivity index (χ2n) is 11.5. The summed E-state index contributed by atoms with van der Waals surface area (Å²) in [6.45, 7) is 2.15. The van der Waals surface area contributed by atoms with Crippen molar-refractivity contribution in [3.63, 3.8) is 0 Å². The number of hydrogen-bond donors (Lipinski definition) is 0. The summed E-state index contributed by atoms with van der Waals surface area (Å²) in [5.74, 6) is 4.70. The number of rotatable bonds is 7. The highest BCUT2D eigenvalue weighted by Crippen LogP contribution is 2.49. The fourth-order valence-electron chi connectivity index (χ4n) is 7.28. The predicted octanol–water partition coefficient (Wildman–Crippen LogP) is 7.47. The van der Waals surface area contributed by atoms with Crippen molar-refractivity contribution in [2.24, 2.45) is 23.7 Å². The van der Waals surface area contributed by atoms with Crippen LogP contribution < -0.4 is 9.64 Å². The Balaban J connectivity index is 1.17. The number of benzene rings is 1. The Kier molecular flexibility index (Phi) is 7.13. The van der Waals surface area contributed by atoms with Crippen LogP contribution in [0.3, 0.4) is 0 Å². The third-order valence-electron chi connectivity index (χ3n) is 9.37. The maximum atomic E-state index is 11.5. The van der Waals surface area contributed by atoms with E-state index >= 15 is 0 Å². The van der Waals surface area contributed by atoms with Gasteiger partial charge in [-0.3, -0.25) is 10.1 Å². The van der Waals surface area contributed by atoms with Gasteiger partial charge in [0.25, 0.3) is 0 Å². The van der Waals surface area contributed by atoms with Gasteiger partial charge in [0.1, 0.15) is 0 Å². The molecule has 0 atom stereocenters. The summed E-state index contributed by atoms with van der Waals surface area (Å²) < 4.78 is 5.41. The first-order valence-corrected chi connectivity index (χ1v) is 13.7. The van der Waals surface area contributed by atoms with E-state index < -0.39 is 0 Å². The van der Waals surface area contributed by atoms with Crippen molar-refractivity contribution in [1.29, 1.82) is 0 Å². The summed E-state index contributed by atoms with van der Waals surface area (Å²) in [5.41, 5.74) is 2.47. The highest BCUT2D eigenvalue weighted by molar-refractivity contribution is 5.66. The Hall–Kier alpha value is -1.78. The van der Waals surface area contributed by atoms with Gasteiger partial charge in [-0.25, -0.2) is 0 Å². The van der Waals surface area contributed by atoms with Gasteiger partial charge in [-0.15, -0.1) is 0 Å². The standard InChI is InChI=1S/C28H42N2O3/c1-33-28-19-26(25(24-11-12-24)18-27(28)30(31)32)29-15-13-23(14-16-29)22-9-7-21(8-10-22)17-20-5-3-2-4-6-20/h18-24H,2-17H2,1H3. The number of nitro benzene ring substituents is 1. The van der Waals surface area contributed by atoms with Gasteiger partial charge in [0.2, 0.25) is 0 Å². The van der Waals surface area contributed by atoms with Crippen LogP contribution in [0.5, 0.6) is 5.75 Å². The lowest BCUT2D eigenvalue weighted by atomic mass is 9.70. The van der Waals surface area contributed by atoms with Crippen molar-refractivity contribution in [1.82, 2.24) is 0 Å². The van der Waals surface area contributed by atoms with Gasteiger partial charge < -0.3 is 9.64 Å². The van der Waals surface area contributed by atoms with Gasteiger partial charge in [-0.05, 0) is 80.1 Å². The molecule has 0 amide bonds. The molecular weight excluding hydrogens is 412 g/mol. The minimum absolute atomic E-state index is 0.114. The Morgan fingerprint density at radius 1 is 0.879 bits per heavy atom. The molecule has 1 heterocycles. The van der Waals surface area contributed by atoms with E-state index in [2.05, 4.69) is 4.90 Å². The van der Waals surface area contributed by atoms with Gasteiger partial charge in [0.15, 0.2) is 5.75 Å². The van der Waals surface area contributed by atoms with Crippen LogP contribution in [0.4, 0.5) is 11.4 Å². The highest BCUT2D eigenvalue weighted by Gasteiger charge is 2.35. The van der Waals surface area contributed by atoms with Crippen molar-refractivity contribution in [3.05, 3.63) is 27.8 Å². The minimum atomic E-state index is -0.300. The van der Waals surface area contributed by atoms with Crippen LogP contribution in [-0.2, 0) is 0 Å². The first kappa shape index (κ1) is 23.0. The molecule has 0 N–H and O–H groups in total. The molecule has 1 aliphatic heterocycles. The van der Waals surface area contributed by atoms with E-state index in [-0.39, 0.29) is 10.6 Å². The van der Waals surface area contributed by atoms with Crippen molar-refractivity contribution in [3.8, 4) is 5.75 Å². The first-order valence-electron chi connectivity index (χ1n) is 13.7. The maximum Gasteiger partial charge on any atom is 0.311 e. The van der Waals surface area contributed by atoms with Crippen LogP contribution in [-0.4, -0.2) is 25.1 Å². The Morgan fingerprint density at radius 3 is 2.12 bits per heavy atom. The van der Waals surface area contributed by atoms with E-state index in [1.54, 1.807) is 13.2 Å². The highest BCUT2D eigenvalue weighted by atomic mass is 16.6.